The molecule has 0 bridgehead atoms. The highest BCUT2D eigenvalue weighted by Crippen LogP contribution is 2.32. The Labute approximate surface area is 145 Å². The van der Waals surface area contributed by atoms with Gasteiger partial charge in [0.15, 0.2) is 11.9 Å². The van der Waals surface area contributed by atoms with Crippen molar-refractivity contribution in [2.24, 2.45) is 0 Å². The Balaban J connectivity index is 1.48. The fourth-order valence-electron chi connectivity index (χ4n) is 3.01. The van der Waals surface area contributed by atoms with Gasteiger partial charge >= 0.3 is 0 Å². The minimum absolute atomic E-state index is 0.0223. The van der Waals surface area contributed by atoms with E-state index in [0.717, 1.165) is 18.6 Å². The third kappa shape index (κ3) is 3.44. The number of rotatable bonds is 6. The van der Waals surface area contributed by atoms with Gasteiger partial charge in [0.2, 0.25) is 0 Å². The molecule has 1 fully saturated rings. The number of hydrogen-bond acceptors (Lipinski definition) is 5. The summed E-state index contributed by atoms with van der Waals surface area (Å²) in [5.41, 5.74) is 1.13. The van der Waals surface area contributed by atoms with Crippen molar-refractivity contribution in [2.45, 2.75) is 38.5 Å². The highest BCUT2D eigenvalue weighted by Gasteiger charge is 2.31. The van der Waals surface area contributed by atoms with Crippen molar-refractivity contribution in [3.63, 3.8) is 0 Å². The minimum atomic E-state index is -0.521. The summed E-state index contributed by atoms with van der Waals surface area (Å²) in [6.45, 7) is 2.65. The van der Waals surface area contributed by atoms with Gasteiger partial charge in [0.1, 0.15) is 11.5 Å². The summed E-state index contributed by atoms with van der Waals surface area (Å²) in [5, 5.41) is 2.78. The van der Waals surface area contributed by atoms with Crippen LogP contribution in [0.15, 0.2) is 41.0 Å². The molecule has 1 aliphatic heterocycles. The maximum Gasteiger partial charge on any atom is 0.265 e. The van der Waals surface area contributed by atoms with Gasteiger partial charge in [0.05, 0.1) is 25.0 Å². The average Bonchev–Trinajstić information content (AvgIpc) is 3.32. The summed E-state index contributed by atoms with van der Waals surface area (Å²) < 4.78 is 10.9. The van der Waals surface area contributed by atoms with E-state index in [0.29, 0.717) is 36.1 Å². The average molecular weight is 340 g/mol. The van der Waals surface area contributed by atoms with Gasteiger partial charge in [-0.3, -0.25) is 14.5 Å². The number of hydrogen-bond donors (Lipinski definition) is 1. The molecule has 2 heterocycles. The molecule has 1 saturated carbocycles. The van der Waals surface area contributed by atoms with E-state index in [1.54, 1.807) is 31.4 Å². The number of anilines is 1. The van der Waals surface area contributed by atoms with Crippen LogP contribution in [-0.4, -0.2) is 35.3 Å². The zero-order valence-electron chi connectivity index (χ0n) is 14.0. The first-order valence-electron chi connectivity index (χ1n) is 8.51. The SMILES string of the molecule is C[C@H]1Oc2ccc(C(=O)CN(Cc3ccco3)C3CC3)cc2NC1=O. The molecule has 1 aromatic heterocycles. The second-order valence-corrected chi connectivity index (χ2v) is 6.60. The van der Waals surface area contributed by atoms with Crippen LogP contribution < -0.4 is 10.1 Å². The zero-order valence-corrected chi connectivity index (χ0v) is 14.0. The van der Waals surface area contributed by atoms with E-state index in [2.05, 4.69) is 10.2 Å². The van der Waals surface area contributed by atoms with Crippen molar-refractivity contribution in [3.8, 4) is 5.75 Å². The molecule has 6 nitrogen and oxygen atoms in total. The minimum Gasteiger partial charge on any atom is -0.479 e. The lowest BCUT2D eigenvalue weighted by Crippen LogP contribution is -2.34. The van der Waals surface area contributed by atoms with Crippen molar-refractivity contribution in [3.05, 3.63) is 47.9 Å². The molecule has 0 spiro atoms. The lowest BCUT2D eigenvalue weighted by atomic mass is 10.1. The monoisotopic (exact) mass is 340 g/mol. The van der Waals surface area contributed by atoms with E-state index in [9.17, 15) is 9.59 Å². The first-order valence-corrected chi connectivity index (χ1v) is 8.51. The van der Waals surface area contributed by atoms with Crippen LogP contribution in [0.2, 0.25) is 0 Å². The highest BCUT2D eigenvalue weighted by atomic mass is 16.5. The number of furan rings is 1. The third-order valence-corrected chi connectivity index (χ3v) is 4.58. The molecule has 1 amide bonds. The smallest absolute Gasteiger partial charge is 0.265 e. The molecule has 0 saturated heterocycles. The maximum absolute atomic E-state index is 12.7. The van der Waals surface area contributed by atoms with Crippen LogP contribution in [0.5, 0.6) is 5.75 Å². The van der Waals surface area contributed by atoms with Crippen molar-refractivity contribution in [2.75, 3.05) is 11.9 Å². The largest absolute Gasteiger partial charge is 0.479 e. The number of nitrogens with zero attached hydrogens (tertiary/aromatic N) is 1. The van der Waals surface area contributed by atoms with Crippen LogP contribution in [0, 0.1) is 0 Å². The van der Waals surface area contributed by atoms with Crippen LogP contribution in [0.25, 0.3) is 0 Å². The van der Waals surface area contributed by atoms with Crippen molar-refractivity contribution in [1.82, 2.24) is 4.90 Å². The van der Waals surface area contributed by atoms with Crippen LogP contribution in [0.4, 0.5) is 5.69 Å². The van der Waals surface area contributed by atoms with Gasteiger partial charge in [0, 0.05) is 11.6 Å². The van der Waals surface area contributed by atoms with Gasteiger partial charge in [-0.1, -0.05) is 0 Å². The lowest BCUT2D eigenvalue weighted by Gasteiger charge is -2.24. The molecular weight excluding hydrogens is 320 g/mol. The van der Waals surface area contributed by atoms with Gasteiger partial charge < -0.3 is 14.5 Å². The normalized spacial score (nSPS) is 19.3. The number of ether oxygens (including phenoxy) is 1. The van der Waals surface area contributed by atoms with E-state index in [-0.39, 0.29) is 11.7 Å². The molecule has 25 heavy (non-hydrogen) atoms. The summed E-state index contributed by atoms with van der Waals surface area (Å²) in [6.07, 6.45) is 3.35. The molecule has 1 aliphatic carbocycles. The van der Waals surface area contributed by atoms with Crippen molar-refractivity contribution in [1.29, 1.82) is 0 Å². The first kappa shape index (κ1) is 15.9. The fraction of sp³-hybridized carbons (Fsp3) is 0.368. The topological polar surface area (TPSA) is 71.8 Å². The molecule has 0 radical (unpaired) electrons. The van der Waals surface area contributed by atoms with E-state index < -0.39 is 6.10 Å². The molecule has 130 valence electrons. The second-order valence-electron chi connectivity index (χ2n) is 6.60. The van der Waals surface area contributed by atoms with Gasteiger partial charge in [-0.25, -0.2) is 0 Å². The Kier molecular flexibility index (Phi) is 4.05. The predicted molar refractivity (Wildman–Crippen MR) is 91.6 cm³/mol. The Morgan fingerprint density at radius 1 is 1.32 bits per heavy atom. The van der Waals surface area contributed by atoms with E-state index in [4.69, 9.17) is 9.15 Å². The first-order chi connectivity index (χ1) is 12.1. The predicted octanol–water partition coefficient (Wildman–Crippen LogP) is 2.85. The quantitative estimate of drug-likeness (QED) is 0.819. The standard InChI is InChI=1S/C19H20N2O4/c1-12-19(23)20-16-9-13(4-7-18(16)25-12)17(22)11-21(14-5-6-14)10-15-3-2-8-24-15/h2-4,7-9,12,14H,5-6,10-11H2,1H3,(H,20,23)/t12-/m1/s1. The molecule has 0 unspecified atom stereocenters. The second kappa shape index (κ2) is 6.37. The fourth-order valence-corrected chi connectivity index (χ4v) is 3.01. The molecule has 4 rings (SSSR count). The number of carbonyl (C=O) groups is 2. The van der Waals surface area contributed by atoms with Crippen LogP contribution in [-0.2, 0) is 11.3 Å². The summed E-state index contributed by atoms with van der Waals surface area (Å²) in [6, 6.07) is 9.41. The number of amides is 1. The van der Waals surface area contributed by atoms with Gasteiger partial charge in [0.25, 0.3) is 5.91 Å². The number of carbonyl (C=O) groups excluding carboxylic acids is 2. The number of nitrogens with one attached hydrogen (secondary N) is 1. The van der Waals surface area contributed by atoms with E-state index in [1.165, 1.54) is 0 Å². The lowest BCUT2D eigenvalue weighted by molar-refractivity contribution is -0.122. The molecule has 1 atom stereocenters. The van der Waals surface area contributed by atoms with Gasteiger partial charge in [-0.15, -0.1) is 0 Å². The molecule has 1 aromatic carbocycles. The van der Waals surface area contributed by atoms with Crippen LogP contribution in [0.1, 0.15) is 35.9 Å². The Bertz CT molecular complexity index is 796. The van der Waals surface area contributed by atoms with Gasteiger partial charge in [-0.05, 0) is 50.1 Å². The van der Waals surface area contributed by atoms with E-state index in [1.807, 2.05) is 12.1 Å². The summed E-state index contributed by atoms with van der Waals surface area (Å²) in [5.74, 6) is 1.28. The Hall–Kier alpha value is -2.60. The highest BCUT2D eigenvalue weighted by molar-refractivity contribution is 6.02. The number of ketones is 1. The number of Topliss-reactive ketones (excluding diaryl/α,β-unsaturated/α-hetero) is 1. The molecule has 2 aromatic rings. The summed E-state index contributed by atoms with van der Waals surface area (Å²) >= 11 is 0. The number of benzene rings is 1. The Morgan fingerprint density at radius 2 is 2.16 bits per heavy atom. The zero-order chi connectivity index (χ0) is 17.4. The summed E-state index contributed by atoms with van der Waals surface area (Å²) in [7, 11) is 0. The summed E-state index contributed by atoms with van der Waals surface area (Å²) in [4.78, 5) is 26.6. The van der Waals surface area contributed by atoms with Gasteiger partial charge in [-0.2, -0.15) is 0 Å². The maximum atomic E-state index is 12.7. The molecule has 1 N–H and O–H groups in total. The molecule has 6 heteroatoms. The molecule has 2 aliphatic rings. The molecular formula is C19H20N2O4. The van der Waals surface area contributed by atoms with Crippen molar-refractivity contribution < 1.29 is 18.7 Å². The third-order valence-electron chi connectivity index (χ3n) is 4.58. The van der Waals surface area contributed by atoms with Crippen LogP contribution >= 0.6 is 0 Å². The van der Waals surface area contributed by atoms with Crippen LogP contribution in [0.3, 0.4) is 0 Å². The van der Waals surface area contributed by atoms with Crippen molar-refractivity contribution >= 4 is 17.4 Å². The number of fused-ring (bicyclic) bond motifs is 1. The Morgan fingerprint density at radius 3 is 2.88 bits per heavy atom. The van der Waals surface area contributed by atoms with E-state index >= 15 is 0 Å².